The maximum Gasteiger partial charge on any atom is 0.418 e. The summed E-state index contributed by atoms with van der Waals surface area (Å²) >= 11 is 0. The van der Waals surface area contributed by atoms with Gasteiger partial charge in [-0.15, -0.1) is 4.28 Å². The number of hydrogen-bond donors (Lipinski definition) is 3. The number of imide groups is 1. The van der Waals surface area contributed by atoms with Crippen LogP contribution in [0.2, 0.25) is 0 Å². The molecular weight excluding hydrogens is 346 g/mol. The Balaban J connectivity index is 1.71. The van der Waals surface area contributed by atoms with E-state index in [2.05, 4.69) is 9.60 Å². The molecule has 0 unspecified atom stereocenters. The molecule has 3 fully saturated rings. The predicted molar refractivity (Wildman–Crippen MR) is 75.8 cm³/mol. The average Bonchev–Trinajstić information content (AvgIpc) is 2.68. The van der Waals surface area contributed by atoms with E-state index in [1.165, 1.54) is 0 Å². The van der Waals surface area contributed by atoms with Gasteiger partial charge >= 0.3 is 16.4 Å². The van der Waals surface area contributed by atoms with Crippen LogP contribution >= 0.6 is 0 Å². The Kier molecular flexibility index (Phi) is 4.21. The third-order valence-electron chi connectivity index (χ3n) is 4.39. The minimum absolute atomic E-state index is 0.0395. The third kappa shape index (κ3) is 2.95. The molecule has 3 aliphatic rings. The van der Waals surface area contributed by atoms with E-state index in [1.807, 2.05) is 0 Å². The molecule has 0 spiro atoms. The van der Waals surface area contributed by atoms with Crippen LogP contribution < -0.4 is 11.2 Å². The number of nitrogens with one attached hydrogen (secondary N) is 1. The summed E-state index contributed by atoms with van der Waals surface area (Å²) in [6, 6.07) is -2.47. The number of hydrogen-bond acceptors (Lipinski definition) is 8. The van der Waals surface area contributed by atoms with Crippen LogP contribution in [0.25, 0.3) is 0 Å². The van der Waals surface area contributed by atoms with Gasteiger partial charge in [0.05, 0.1) is 12.0 Å². The number of amides is 4. The number of fused-ring (bicyclic) bond motifs is 2. The average molecular weight is 363 g/mol. The molecule has 2 atom stereocenters. The zero-order valence-corrected chi connectivity index (χ0v) is 13.3. The smallest absolute Gasteiger partial charge is 0.315 e. The first-order valence-corrected chi connectivity index (χ1v) is 8.65. The third-order valence-corrected chi connectivity index (χ3v) is 4.74. The van der Waals surface area contributed by atoms with Crippen LogP contribution in [0.15, 0.2) is 0 Å². The number of carbonyl (C=O) groups excluding carboxylic acids is 3. The number of hydroxylamine groups is 2. The highest BCUT2D eigenvalue weighted by molar-refractivity contribution is 7.80. The van der Waals surface area contributed by atoms with Crippen LogP contribution in [0, 0.1) is 5.92 Å². The van der Waals surface area contributed by atoms with E-state index >= 15 is 0 Å². The summed E-state index contributed by atoms with van der Waals surface area (Å²) in [5.41, 5.74) is 0. The number of nitrogens with zero attached hydrogens (tertiary/aromatic N) is 3. The Bertz CT molecular complexity index is 678. The van der Waals surface area contributed by atoms with Crippen molar-refractivity contribution >= 4 is 28.2 Å². The van der Waals surface area contributed by atoms with Gasteiger partial charge in [-0.2, -0.15) is 13.5 Å². The molecule has 12 nitrogen and oxygen atoms in total. The predicted octanol–water partition coefficient (Wildman–Crippen LogP) is -2.56. The second-order valence-corrected chi connectivity index (χ2v) is 6.92. The minimum Gasteiger partial charge on any atom is -0.315 e. The van der Waals surface area contributed by atoms with Gasteiger partial charge in [0.2, 0.25) is 5.91 Å². The largest absolute Gasteiger partial charge is 0.418 e. The fraction of sp³-hybridized carbons (Fsp3) is 0.727. The Labute approximate surface area is 137 Å². The van der Waals surface area contributed by atoms with Crippen LogP contribution in [0.5, 0.6) is 0 Å². The van der Waals surface area contributed by atoms with Gasteiger partial charge in [-0.05, 0) is 12.8 Å². The van der Waals surface area contributed by atoms with Crippen molar-refractivity contribution in [3.05, 3.63) is 0 Å². The molecule has 3 heterocycles. The van der Waals surface area contributed by atoms with Gasteiger partial charge in [0, 0.05) is 19.6 Å². The van der Waals surface area contributed by atoms with Gasteiger partial charge in [0.15, 0.2) is 0 Å². The second-order valence-electron chi connectivity index (χ2n) is 5.91. The van der Waals surface area contributed by atoms with Gasteiger partial charge < -0.3 is 10.2 Å². The Morgan fingerprint density at radius 1 is 1.29 bits per heavy atom. The molecule has 0 aromatic carbocycles. The molecule has 3 aliphatic heterocycles. The summed E-state index contributed by atoms with van der Waals surface area (Å²) in [6.07, 6.45) is 0.464. The molecule has 4 N–H and O–H groups in total. The Hall–Kier alpha value is -1.80. The van der Waals surface area contributed by atoms with E-state index in [1.54, 1.807) is 0 Å². The van der Waals surface area contributed by atoms with E-state index < -0.39 is 40.3 Å². The zero-order chi connectivity index (χ0) is 17.6. The van der Waals surface area contributed by atoms with Crippen LogP contribution in [0.3, 0.4) is 0 Å². The molecule has 4 amide bonds. The fourth-order valence-electron chi connectivity index (χ4n) is 3.02. The molecule has 0 radical (unpaired) electrons. The summed E-state index contributed by atoms with van der Waals surface area (Å²) < 4.78 is 34.7. The Morgan fingerprint density at radius 2 is 1.96 bits per heavy atom. The van der Waals surface area contributed by atoms with E-state index in [-0.39, 0.29) is 25.3 Å². The van der Waals surface area contributed by atoms with Gasteiger partial charge in [0.25, 0.3) is 5.91 Å². The molecular formula is C11H17N5O7S. The number of hydrazine groups is 1. The van der Waals surface area contributed by atoms with Crippen molar-refractivity contribution in [3.8, 4) is 0 Å². The van der Waals surface area contributed by atoms with Crippen molar-refractivity contribution in [1.82, 2.24) is 20.3 Å². The molecule has 3 rings (SSSR count). The number of nitrogens with two attached hydrogens (primary N) is 1. The van der Waals surface area contributed by atoms with Gasteiger partial charge in [-0.25, -0.2) is 15.6 Å². The fourth-order valence-corrected chi connectivity index (χ4v) is 3.41. The standard InChI is InChI=1S/C11H17N5O7S/c12-15(9(17)6-3-13-4-6)10(18)8-2-1-7-5-14(8)11(19)16(7)23-24(20,21)22/h6-8,13H,1-5,12H2,(H,20,21,22)/t7-,8+/m0/s1. The molecule has 3 saturated heterocycles. The second kappa shape index (κ2) is 5.93. The SMILES string of the molecule is NN(C(=O)C1CNC1)C(=O)[C@H]1CC[C@H]2CN1C(=O)N2OS(=O)(=O)O. The molecule has 24 heavy (non-hydrogen) atoms. The number of piperidine rings is 1. The summed E-state index contributed by atoms with van der Waals surface area (Å²) in [4.78, 5) is 37.8. The molecule has 134 valence electrons. The van der Waals surface area contributed by atoms with E-state index in [0.717, 1.165) is 4.90 Å². The van der Waals surface area contributed by atoms with E-state index in [0.29, 0.717) is 23.2 Å². The highest BCUT2D eigenvalue weighted by atomic mass is 32.3. The number of carbonyl (C=O) groups is 3. The van der Waals surface area contributed by atoms with Crippen molar-refractivity contribution in [2.75, 3.05) is 19.6 Å². The lowest BCUT2D eigenvalue weighted by Crippen LogP contribution is -2.60. The van der Waals surface area contributed by atoms with Crippen molar-refractivity contribution in [2.24, 2.45) is 11.8 Å². The van der Waals surface area contributed by atoms with Crippen molar-refractivity contribution < 1.29 is 31.6 Å². The van der Waals surface area contributed by atoms with E-state index in [4.69, 9.17) is 10.4 Å². The lowest BCUT2D eigenvalue weighted by Gasteiger charge is -2.34. The Morgan fingerprint density at radius 3 is 2.50 bits per heavy atom. The van der Waals surface area contributed by atoms with Gasteiger partial charge in [0.1, 0.15) is 6.04 Å². The van der Waals surface area contributed by atoms with Crippen molar-refractivity contribution in [2.45, 2.75) is 24.9 Å². The summed E-state index contributed by atoms with van der Waals surface area (Å²) in [5, 5.41) is 3.95. The van der Waals surface area contributed by atoms with Crippen LogP contribution in [-0.2, 0) is 24.3 Å². The van der Waals surface area contributed by atoms with Crippen LogP contribution in [0.4, 0.5) is 4.79 Å². The minimum atomic E-state index is -4.86. The highest BCUT2D eigenvalue weighted by Crippen LogP contribution is 2.31. The quantitative estimate of drug-likeness (QED) is 0.160. The maximum absolute atomic E-state index is 12.4. The van der Waals surface area contributed by atoms with E-state index in [9.17, 15) is 22.8 Å². The normalized spacial score (nSPS) is 27.2. The molecule has 0 aromatic heterocycles. The van der Waals surface area contributed by atoms with Crippen LogP contribution in [-0.4, -0.2) is 77.5 Å². The van der Waals surface area contributed by atoms with Crippen LogP contribution in [0.1, 0.15) is 12.8 Å². The van der Waals surface area contributed by atoms with Gasteiger partial charge in [-0.1, -0.05) is 0 Å². The lowest BCUT2D eigenvalue weighted by molar-refractivity contribution is -0.151. The summed E-state index contributed by atoms with van der Waals surface area (Å²) in [6.45, 7) is 0.911. The number of rotatable bonds is 4. The van der Waals surface area contributed by atoms with Gasteiger partial charge in [-0.3, -0.25) is 14.1 Å². The first-order chi connectivity index (χ1) is 11.2. The molecule has 2 bridgehead atoms. The maximum atomic E-state index is 12.4. The molecule has 0 aromatic rings. The monoisotopic (exact) mass is 363 g/mol. The topological polar surface area (TPSA) is 163 Å². The highest BCUT2D eigenvalue weighted by Gasteiger charge is 2.50. The van der Waals surface area contributed by atoms with Crippen molar-refractivity contribution in [3.63, 3.8) is 0 Å². The number of urea groups is 1. The lowest BCUT2D eigenvalue weighted by atomic mass is 9.98. The first kappa shape index (κ1) is 17.0. The molecule has 13 heteroatoms. The first-order valence-electron chi connectivity index (χ1n) is 7.29. The summed E-state index contributed by atoms with van der Waals surface area (Å²) in [7, 11) is -4.86. The van der Waals surface area contributed by atoms with Crippen molar-refractivity contribution in [1.29, 1.82) is 0 Å². The summed E-state index contributed by atoms with van der Waals surface area (Å²) in [5.74, 6) is 3.97. The zero-order valence-electron chi connectivity index (χ0n) is 12.5. The molecule has 0 saturated carbocycles. The molecule has 0 aliphatic carbocycles.